The lowest BCUT2D eigenvalue weighted by Crippen LogP contribution is -2.39. The van der Waals surface area contributed by atoms with Crippen LogP contribution in [0.5, 0.6) is 6.01 Å². The van der Waals surface area contributed by atoms with E-state index >= 15 is 0 Å². The monoisotopic (exact) mass is 424 g/mol. The number of hydrogen-bond donors (Lipinski definition) is 2. The molecule has 0 amide bonds. The molecular weight excluding hydrogens is 396 g/mol. The van der Waals surface area contributed by atoms with Gasteiger partial charge in [-0.15, -0.1) is 0 Å². The predicted molar refractivity (Wildman–Crippen MR) is 117 cm³/mol. The average molecular weight is 425 g/mol. The summed E-state index contributed by atoms with van der Waals surface area (Å²) in [7, 11) is 1.57. The van der Waals surface area contributed by atoms with Crippen LogP contribution in [0.25, 0.3) is 16.7 Å². The van der Waals surface area contributed by atoms with Crippen LogP contribution in [0, 0.1) is 6.92 Å². The van der Waals surface area contributed by atoms with E-state index in [1.54, 1.807) is 7.11 Å². The number of rotatable bonds is 4. The zero-order valence-corrected chi connectivity index (χ0v) is 17.9. The lowest BCUT2D eigenvalue weighted by Gasteiger charge is -2.30. The molecule has 2 aliphatic rings. The van der Waals surface area contributed by atoms with Crippen molar-refractivity contribution in [3.63, 3.8) is 0 Å². The number of anilines is 1. The maximum atomic E-state index is 10.6. The van der Waals surface area contributed by atoms with E-state index in [-0.39, 0.29) is 5.92 Å². The summed E-state index contributed by atoms with van der Waals surface area (Å²) in [5.41, 5.74) is 3.30. The predicted octanol–water partition coefficient (Wildman–Crippen LogP) is 1.41. The molecule has 31 heavy (non-hydrogen) atoms. The number of aryl methyl sites for hydroxylation is 1. The molecule has 164 valence electrons. The van der Waals surface area contributed by atoms with E-state index in [9.17, 15) is 5.11 Å². The second-order valence-electron chi connectivity index (χ2n) is 8.16. The number of nitrogens with one attached hydrogen (secondary N) is 1. The molecule has 0 bridgehead atoms. The van der Waals surface area contributed by atoms with Gasteiger partial charge in [0.25, 0.3) is 0 Å². The molecule has 2 N–H and O–H groups in total. The summed E-state index contributed by atoms with van der Waals surface area (Å²) in [6, 6.07) is 6.55. The zero-order chi connectivity index (χ0) is 21.4. The Bertz CT molecular complexity index is 1080. The first-order valence-electron chi connectivity index (χ1n) is 10.8. The first kappa shape index (κ1) is 20.2. The molecule has 0 saturated carbocycles. The van der Waals surface area contributed by atoms with E-state index < -0.39 is 6.10 Å². The summed E-state index contributed by atoms with van der Waals surface area (Å²) in [6.45, 7) is 6.52. The molecular formula is C22H28N6O3. The minimum absolute atomic E-state index is 0.109. The van der Waals surface area contributed by atoms with Crippen LogP contribution in [0.4, 0.5) is 5.82 Å². The number of morpholine rings is 1. The summed E-state index contributed by atoms with van der Waals surface area (Å²) in [4.78, 5) is 11.3. The standard InChI is InChI=1S/C22H28N6O3/c1-14-9-15-12-24-28(18(15)10-17(14)16-3-4-23-13-19(16)29)21-11-20(25-22(26-21)30-2)27-5-7-31-8-6-27/h9-12,16,19,23,29H,3-8,13H2,1-2H3. The van der Waals surface area contributed by atoms with Gasteiger partial charge in [-0.2, -0.15) is 15.1 Å². The molecule has 0 aliphatic carbocycles. The first-order chi connectivity index (χ1) is 15.1. The van der Waals surface area contributed by atoms with Crippen molar-refractivity contribution in [3.05, 3.63) is 35.5 Å². The summed E-state index contributed by atoms with van der Waals surface area (Å²) < 4.78 is 12.7. The third kappa shape index (κ3) is 3.84. The van der Waals surface area contributed by atoms with Crippen molar-refractivity contribution < 1.29 is 14.6 Å². The van der Waals surface area contributed by atoms with Crippen molar-refractivity contribution in [2.24, 2.45) is 0 Å². The van der Waals surface area contributed by atoms with Gasteiger partial charge in [0.2, 0.25) is 0 Å². The lowest BCUT2D eigenvalue weighted by atomic mass is 9.85. The number of piperidine rings is 1. The maximum Gasteiger partial charge on any atom is 0.320 e. The Morgan fingerprint density at radius 3 is 2.74 bits per heavy atom. The molecule has 1 aromatic carbocycles. The molecule has 3 aromatic rings. The van der Waals surface area contributed by atoms with E-state index in [4.69, 9.17) is 9.47 Å². The van der Waals surface area contributed by atoms with Crippen LogP contribution in [0.1, 0.15) is 23.5 Å². The van der Waals surface area contributed by atoms with Crippen molar-refractivity contribution in [3.8, 4) is 11.8 Å². The van der Waals surface area contributed by atoms with Crippen molar-refractivity contribution in [2.45, 2.75) is 25.4 Å². The van der Waals surface area contributed by atoms with Crippen LogP contribution in [-0.4, -0.2) is 77.5 Å². The molecule has 5 rings (SSSR count). The Labute approximate surface area is 181 Å². The van der Waals surface area contributed by atoms with Gasteiger partial charge in [-0.25, -0.2) is 4.68 Å². The van der Waals surface area contributed by atoms with E-state index in [1.807, 2.05) is 16.9 Å². The number of fused-ring (bicyclic) bond motifs is 1. The maximum absolute atomic E-state index is 10.6. The Kier molecular flexibility index (Phi) is 5.47. The second kappa shape index (κ2) is 8.41. The lowest BCUT2D eigenvalue weighted by molar-refractivity contribution is 0.118. The largest absolute Gasteiger partial charge is 0.467 e. The van der Waals surface area contributed by atoms with Gasteiger partial charge in [-0.05, 0) is 43.1 Å². The van der Waals surface area contributed by atoms with Gasteiger partial charge >= 0.3 is 6.01 Å². The molecule has 2 saturated heterocycles. The van der Waals surface area contributed by atoms with Gasteiger partial charge in [0.05, 0.1) is 38.1 Å². The van der Waals surface area contributed by atoms with Gasteiger partial charge < -0.3 is 24.8 Å². The number of β-amino-alcohol motifs (C(OH)–C–C–N with tert-alkyl or cyclic N) is 1. The molecule has 2 atom stereocenters. The smallest absolute Gasteiger partial charge is 0.320 e. The fraction of sp³-hybridized carbons (Fsp3) is 0.500. The van der Waals surface area contributed by atoms with Gasteiger partial charge in [0.15, 0.2) is 5.82 Å². The van der Waals surface area contributed by atoms with Gasteiger partial charge in [0.1, 0.15) is 5.82 Å². The number of nitrogens with zero attached hydrogens (tertiary/aromatic N) is 5. The van der Waals surface area contributed by atoms with Crippen molar-refractivity contribution in [1.82, 2.24) is 25.1 Å². The molecule has 9 nitrogen and oxygen atoms in total. The summed E-state index contributed by atoms with van der Waals surface area (Å²) >= 11 is 0. The molecule has 0 spiro atoms. The van der Waals surface area contributed by atoms with Crippen molar-refractivity contribution in [1.29, 1.82) is 0 Å². The molecule has 2 unspecified atom stereocenters. The number of aliphatic hydroxyl groups is 1. The molecule has 2 fully saturated rings. The van der Waals surface area contributed by atoms with Gasteiger partial charge in [-0.3, -0.25) is 0 Å². The second-order valence-corrected chi connectivity index (χ2v) is 8.16. The summed E-state index contributed by atoms with van der Waals surface area (Å²) in [6.07, 6.45) is 2.37. The number of aliphatic hydroxyl groups excluding tert-OH is 1. The normalized spacial score (nSPS) is 22.1. The Morgan fingerprint density at radius 2 is 1.97 bits per heavy atom. The highest BCUT2D eigenvalue weighted by molar-refractivity contribution is 5.82. The van der Waals surface area contributed by atoms with E-state index in [2.05, 4.69) is 44.3 Å². The molecule has 0 radical (unpaired) electrons. The topological polar surface area (TPSA) is 97.6 Å². The number of ether oxygens (including phenoxy) is 2. The number of aromatic nitrogens is 4. The van der Waals surface area contributed by atoms with Gasteiger partial charge in [-0.1, -0.05) is 0 Å². The highest BCUT2D eigenvalue weighted by atomic mass is 16.5. The minimum atomic E-state index is -0.395. The quantitative estimate of drug-likeness (QED) is 0.649. The van der Waals surface area contributed by atoms with Crippen LogP contribution in [0.2, 0.25) is 0 Å². The van der Waals surface area contributed by atoms with Crippen LogP contribution in [0.15, 0.2) is 24.4 Å². The number of methoxy groups -OCH3 is 1. The minimum Gasteiger partial charge on any atom is -0.467 e. The fourth-order valence-corrected chi connectivity index (χ4v) is 4.55. The van der Waals surface area contributed by atoms with E-state index in [0.29, 0.717) is 31.6 Å². The molecule has 2 aliphatic heterocycles. The highest BCUT2D eigenvalue weighted by Crippen LogP contribution is 2.32. The van der Waals surface area contributed by atoms with E-state index in [1.165, 1.54) is 5.56 Å². The average Bonchev–Trinajstić information content (AvgIpc) is 3.22. The first-order valence-corrected chi connectivity index (χ1v) is 10.8. The van der Waals surface area contributed by atoms with E-state index in [0.717, 1.165) is 48.3 Å². The van der Waals surface area contributed by atoms with Crippen molar-refractivity contribution in [2.75, 3.05) is 51.4 Å². The number of benzene rings is 1. The molecule has 9 heteroatoms. The zero-order valence-electron chi connectivity index (χ0n) is 17.9. The van der Waals surface area contributed by atoms with Crippen molar-refractivity contribution >= 4 is 16.7 Å². The summed E-state index contributed by atoms with van der Waals surface area (Å²) in [5.74, 6) is 1.57. The fourth-order valence-electron chi connectivity index (χ4n) is 4.55. The SMILES string of the molecule is COc1nc(N2CCOCC2)cc(-n2ncc3cc(C)c(C4CCNCC4O)cc32)n1. The Hall–Kier alpha value is -2.75. The van der Waals surface area contributed by atoms with Crippen LogP contribution < -0.4 is 15.0 Å². The highest BCUT2D eigenvalue weighted by Gasteiger charge is 2.26. The van der Waals surface area contributed by atoms with Crippen LogP contribution in [0.3, 0.4) is 0 Å². The molecule has 4 heterocycles. The third-order valence-corrected chi connectivity index (χ3v) is 6.22. The third-order valence-electron chi connectivity index (χ3n) is 6.22. The summed E-state index contributed by atoms with van der Waals surface area (Å²) in [5, 5.41) is 19.5. The number of hydrogen-bond acceptors (Lipinski definition) is 8. The van der Waals surface area contributed by atoms with Gasteiger partial charge in [0, 0.05) is 37.0 Å². The van der Waals surface area contributed by atoms with Crippen LogP contribution >= 0.6 is 0 Å². The van der Waals surface area contributed by atoms with Crippen LogP contribution in [-0.2, 0) is 4.74 Å². The molecule has 2 aromatic heterocycles. The Morgan fingerprint density at radius 1 is 1.16 bits per heavy atom. The Balaban J connectivity index is 1.59.